The second kappa shape index (κ2) is 8.45. The molecule has 0 aliphatic carbocycles. The van der Waals surface area contributed by atoms with E-state index in [2.05, 4.69) is 4.40 Å². The molecule has 0 amide bonds. The molecule has 0 unspecified atom stereocenters. The largest absolute Gasteiger partial charge is 0.357 e. The minimum atomic E-state index is -3.73. The average Bonchev–Trinajstić information content (AvgIpc) is 2.62. The first-order valence-corrected chi connectivity index (χ1v) is 9.39. The number of amidine groups is 1. The topological polar surface area (TPSA) is 49.7 Å². The molecule has 0 saturated carbocycles. The van der Waals surface area contributed by atoms with Crippen molar-refractivity contribution in [1.82, 2.24) is 4.90 Å². The van der Waals surface area contributed by atoms with Gasteiger partial charge in [0.05, 0.1) is 4.90 Å². The van der Waals surface area contributed by atoms with Crippen LogP contribution >= 0.6 is 0 Å². The van der Waals surface area contributed by atoms with Crippen molar-refractivity contribution in [2.75, 3.05) is 13.1 Å². The lowest BCUT2D eigenvalue weighted by molar-refractivity contribution is 0.468. The highest BCUT2D eigenvalue weighted by molar-refractivity contribution is 7.90. The number of hydrogen-bond acceptors (Lipinski definition) is 2. The summed E-state index contributed by atoms with van der Waals surface area (Å²) in [5.41, 5.74) is 0.995. The molecule has 0 atom stereocenters. The van der Waals surface area contributed by atoms with E-state index in [0.29, 0.717) is 18.9 Å². The zero-order chi connectivity index (χ0) is 17.4. The first-order valence-electron chi connectivity index (χ1n) is 7.95. The third-order valence-corrected chi connectivity index (χ3v) is 4.86. The van der Waals surface area contributed by atoms with Gasteiger partial charge in [0, 0.05) is 13.1 Å². The highest BCUT2D eigenvalue weighted by Gasteiger charge is 2.15. The van der Waals surface area contributed by atoms with E-state index in [1.54, 1.807) is 36.4 Å². The van der Waals surface area contributed by atoms with Gasteiger partial charge in [-0.3, -0.25) is 0 Å². The molecule has 0 heterocycles. The van der Waals surface area contributed by atoms with Gasteiger partial charge in [-0.15, -0.1) is 4.40 Å². The van der Waals surface area contributed by atoms with Crippen LogP contribution < -0.4 is 0 Å². The van der Waals surface area contributed by atoms with Crippen molar-refractivity contribution in [3.05, 3.63) is 72.3 Å². The zero-order valence-electron chi connectivity index (χ0n) is 14.0. The Bertz CT molecular complexity index is 794. The first-order chi connectivity index (χ1) is 11.6. The van der Waals surface area contributed by atoms with E-state index in [-0.39, 0.29) is 4.90 Å². The van der Waals surface area contributed by atoms with Gasteiger partial charge in [0.1, 0.15) is 5.84 Å². The molecule has 0 bridgehead atoms. The Morgan fingerprint density at radius 1 is 0.958 bits per heavy atom. The summed E-state index contributed by atoms with van der Waals surface area (Å²) in [5, 5.41) is 0. The van der Waals surface area contributed by atoms with E-state index < -0.39 is 10.0 Å². The van der Waals surface area contributed by atoms with Crippen molar-refractivity contribution in [3.63, 3.8) is 0 Å². The Balaban J connectivity index is 2.41. The Labute approximate surface area is 144 Å². The van der Waals surface area contributed by atoms with E-state index in [4.69, 9.17) is 0 Å². The molecule has 0 spiro atoms. The van der Waals surface area contributed by atoms with E-state index >= 15 is 0 Å². The Kier molecular flexibility index (Phi) is 6.32. The summed E-state index contributed by atoms with van der Waals surface area (Å²) in [6.45, 7) is 5.31. The van der Waals surface area contributed by atoms with Crippen molar-refractivity contribution in [2.45, 2.75) is 18.7 Å². The van der Waals surface area contributed by atoms with Crippen LogP contribution in [0.15, 0.2) is 76.0 Å². The molecule has 5 heteroatoms. The Hall–Kier alpha value is -2.40. The highest BCUT2D eigenvalue weighted by Crippen LogP contribution is 2.13. The fourth-order valence-corrected chi connectivity index (χ4v) is 3.27. The highest BCUT2D eigenvalue weighted by atomic mass is 32.2. The fourth-order valence-electron chi connectivity index (χ4n) is 2.24. The molecule has 0 fully saturated rings. The maximum Gasteiger partial charge on any atom is 0.284 e. The van der Waals surface area contributed by atoms with Crippen LogP contribution in [0, 0.1) is 0 Å². The fraction of sp³-hybridized carbons (Fsp3) is 0.211. The van der Waals surface area contributed by atoms with Crippen LogP contribution in [0.2, 0.25) is 0 Å². The number of sulfonamides is 1. The first kappa shape index (κ1) is 17.9. The molecule has 0 aromatic heterocycles. The molecule has 2 aromatic carbocycles. The molecule has 24 heavy (non-hydrogen) atoms. The second-order valence-corrected chi connectivity index (χ2v) is 6.76. The molecule has 2 rings (SSSR count). The van der Waals surface area contributed by atoms with Crippen molar-refractivity contribution >= 4 is 21.9 Å². The van der Waals surface area contributed by atoms with E-state index in [9.17, 15) is 8.42 Å². The molecular formula is C19H22N2O2S. The van der Waals surface area contributed by atoms with E-state index in [1.807, 2.05) is 55.2 Å². The van der Waals surface area contributed by atoms with Gasteiger partial charge in [-0.05, 0) is 37.6 Å². The lowest BCUT2D eigenvalue weighted by atomic mass is 10.2. The van der Waals surface area contributed by atoms with Gasteiger partial charge in [-0.1, -0.05) is 54.6 Å². The Morgan fingerprint density at radius 2 is 1.50 bits per heavy atom. The lowest BCUT2D eigenvalue weighted by Gasteiger charge is -2.20. The van der Waals surface area contributed by atoms with Crippen molar-refractivity contribution in [2.24, 2.45) is 4.40 Å². The van der Waals surface area contributed by atoms with E-state index in [1.165, 1.54) is 0 Å². The summed E-state index contributed by atoms with van der Waals surface area (Å²) in [4.78, 5) is 2.11. The summed E-state index contributed by atoms with van der Waals surface area (Å²) in [7, 11) is -3.73. The van der Waals surface area contributed by atoms with Gasteiger partial charge in [0.15, 0.2) is 0 Å². The van der Waals surface area contributed by atoms with Crippen LogP contribution in [-0.2, 0) is 10.0 Å². The third-order valence-electron chi connectivity index (χ3n) is 3.57. The number of rotatable bonds is 6. The molecule has 0 radical (unpaired) electrons. The third kappa shape index (κ3) is 4.80. The number of nitrogens with zero attached hydrogens (tertiary/aromatic N) is 2. The van der Waals surface area contributed by atoms with E-state index in [0.717, 1.165) is 5.56 Å². The minimum Gasteiger partial charge on any atom is -0.357 e. The smallest absolute Gasteiger partial charge is 0.284 e. The standard InChI is InChI=1S/C19H22N2O2S/c1-3-21(4-2)19(16-15-17-11-7-5-8-12-17)20-24(22,23)18-13-9-6-10-14-18/h5-16H,3-4H2,1-2H3/b16-15+,20-19-. The van der Waals surface area contributed by atoms with Gasteiger partial charge in [0.25, 0.3) is 10.0 Å². The zero-order valence-corrected chi connectivity index (χ0v) is 14.8. The average molecular weight is 342 g/mol. The van der Waals surface area contributed by atoms with Crippen molar-refractivity contribution in [1.29, 1.82) is 0 Å². The second-order valence-electron chi connectivity index (χ2n) is 5.15. The summed E-state index contributed by atoms with van der Waals surface area (Å²) < 4.78 is 29.1. The summed E-state index contributed by atoms with van der Waals surface area (Å²) >= 11 is 0. The van der Waals surface area contributed by atoms with Crippen LogP contribution in [0.1, 0.15) is 19.4 Å². The summed E-state index contributed by atoms with van der Waals surface area (Å²) in [6, 6.07) is 18.0. The summed E-state index contributed by atoms with van der Waals surface area (Å²) in [6.07, 6.45) is 3.63. The van der Waals surface area contributed by atoms with Crippen LogP contribution in [0.4, 0.5) is 0 Å². The molecule has 126 valence electrons. The SMILES string of the molecule is CCN(CC)C(/C=C/c1ccccc1)=N\S(=O)(=O)c1ccccc1. The Morgan fingerprint density at radius 3 is 2.04 bits per heavy atom. The van der Waals surface area contributed by atoms with Crippen LogP contribution in [-0.4, -0.2) is 32.2 Å². The predicted octanol–water partition coefficient (Wildman–Crippen LogP) is 3.83. The lowest BCUT2D eigenvalue weighted by Crippen LogP contribution is -2.30. The van der Waals surface area contributed by atoms with Gasteiger partial charge in [-0.25, -0.2) is 0 Å². The molecule has 0 aliphatic rings. The monoisotopic (exact) mass is 342 g/mol. The molecule has 0 saturated heterocycles. The molecule has 0 N–H and O–H groups in total. The van der Waals surface area contributed by atoms with Crippen LogP contribution in [0.25, 0.3) is 6.08 Å². The quantitative estimate of drug-likeness (QED) is 0.592. The predicted molar refractivity (Wildman–Crippen MR) is 99.5 cm³/mol. The molecule has 0 aliphatic heterocycles. The maximum atomic E-state index is 12.5. The normalized spacial score (nSPS) is 12.5. The molecule has 2 aromatic rings. The van der Waals surface area contributed by atoms with Crippen molar-refractivity contribution in [3.8, 4) is 0 Å². The number of benzene rings is 2. The van der Waals surface area contributed by atoms with Gasteiger partial charge in [0.2, 0.25) is 0 Å². The van der Waals surface area contributed by atoms with Gasteiger partial charge in [-0.2, -0.15) is 8.42 Å². The summed E-state index contributed by atoms with van der Waals surface area (Å²) in [5.74, 6) is 0.438. The maximum absolute atomic E-state index is 12.5. The molecule has 4 nitrogen and oxygen atoms in total. The van der Waals surface area contributed by atoms with Gasteiger partial charge < -0.3 is 4.90 Å². The number of likely N-dealkylation sites (N-methyl/N-ethyl adjacent to an activating group) is 1. The number of hydrogen-bond donors (Lipinski definition) is 0. The van der Waals surface area contributed by atoms with Crippen LogP contribution in [0.3, 0.4) is 0 Å². The van der Waals surface area contributed by atoms with Crippen molar-refractivity contribution < 1.29 is 8.42 Å². The van der Waals surface area contributed by atoms with Crippen LogP contribution in [0.5, 0.6) is 0 Å². The molecular weight excluding hydrogens is 320 g/mol. The minimum absolute atomic E-state index is 0.197. The van der Waals surface area contributed by atoms with Gasteiger partial charge >= 0.3 is 0 Å².